The maximum absolute atomic E-state index is 12.6. The minimum Gasteiger partial charge on any atom is -0.324 e. The lowest BCUT2D eigenvalue weighted by atomic mass is 10.2. The van der Waals surface area contributed by atoms with Crippen LogP contribution in [0.4, 0.5) is 13.2 Å². The van der Waals surface area contributed by atoms with Crippen LogP contribution in [0.3, 0.4) is 0 Å². The summed E-state index contributed by atoms with van der Waals surface area (Å²) in [6.45, 7) is 3.23. The summed E-state index contributed by atoms with van der Waals surface area (Å²) in [6, 6.07) is 4.57. The van der Waals surface area contributed by atoms with Gasteiger partial charge in [0.25, 0.3) is 0 Å². The molecule has 0 radical (unpaired) electrons. The van der Waals surface area contributed by atoms with Crippen molar-refractivity contribution in [2.75, 3.05) is 0 Å². The first-order valence-corrected chi connectivity index (χ1v) is 7.30. The SMILES string of the molecule is CC(Cl)c1nc2ccc(Br)cc2n1C(C)CC(F)(F)F. The number of fused-ring (bicyclic) bond motifs is 1. The van der Waals surface area contributed by atoms with E-state index >= 15 is 0 Å². The molecule has 0 N–H and O–H groups in total. The Kier molecular flexibility index (Phi) is 4.35. The number of alkyl halides is 4. The second-order valence-electron chi connectivity index (χ2n) is 4.76. The Morgan fingerprint density at radius 2 is 2.00 bits per heavy atom. The molecular formula is C13H13BrClF3N2. The van der Waals surface area contributed by atoms with Gasteiger partial charge in [0.2, 0.25) is 0 Å². The first-order valence-electron chi connectivity index (χ1n) is 6.07. The molecule has 0 saturated carbocycles. The third-order valence-corrected chi connectivity index (χ3v) is 3.69. The highest BCUT2D eigenvalue weighted by molar-refractivity contribution is 9.10. The van der Waals surface area contributed by atoms with E-state index in [-0.39, 0.29) is 0 Å². The number of rotatable bonds is 3. The van der Waals surface area contributed by atoms with Crippen LogP contribution in [-0.4, -0.2) is 15.7 Å². The van der Waals surface area contributed by atoms with Crippen molar-refractivity contribution in [2.24, 2.45) is 0 Å². The van der Waals surface area contributed by atoms with Gasteiger partial charge in [-0.3, -0.25) is 0 Å². The minimum atomic E-state index is -4.23. The highest BCUT2D eigenvalue weighted by Crippen LogP contribution is 2.34. The van der Waals surface area contributed by atoms with Gasteiger partial charge in [-0.05, 0) is 32.0 Å². The van der Waals surface area contributed by atoms with Crippen molar-refractivity contribution in [1.82, 2.24) is 9.55 Å². The first kappa shape index (κ1) is 15.6. The normalized spacial score (nSPS) is 15.6. The van der Waals surface area contributed by atoms with Gasteiger partial charge in [-0.2, -0.15) is 13.2 Å². The topological polar surface area (TPSA) is 17.8 Å². The molecule has 0 spiro atoms. The first-order chi connectivity index (χ1) is 9.19. The van der Waals surface area contributed by atoms with Gasteiger partial charge in [0.05, 0.1) is 22.8 Å². The fraction of sp³-hybridized carbons (Fsp3) is 0.462. The zero-order valence-corrected chi connectivity index (χ0v) is 13.2. The highest BCUT2D eigenvalue weighted by Gasteiger charge is 2.32. The summed E-state index contributed by atoms with van der Waals surface area (Å²) >= 11 is 9.39. The molecule has 2 rings (SSSR count). The van der Waals surface area contributed by atoms with Gasteiger partial charge >= 0.3 is 6.18 Å². The smallest absolute Gasteiger partial charge is 0.324 e. The monoisotopic (exact) mass is 368 g/mol. The van der Waals surface area contributed by atoms with Crippen LogP contribution in [0.1, 0.15) is 37.5 Å². The molecule has 7 heteroatoms. The predicted molar refractivity (Wildman–Crippen MR) is 77.1 cm³/mol. The van der Waals surface area contributed by atoms with E-state index in [1.54, 1.807) is 29.7 Å². The van der Waals surface area contributed by atoms with Gasteiger partial charge in [-0.15, -0.1) is 11.6 Å². The molecule has 1 aromatic heterocycles. The van der Waals surface area contributed by atoms with E-state index < -0.39 is 24.0 Å². The summed E-state index contributed by atoms with van der Waals surface area (Å²) in [5, 5.41) is -0.461. The zero-order valence-electron chi connectivity index (χ0n) is 10.9. The number of nitrogens with zero attached hydrogens (tertiary/aromatic N) is 2. The van der Waals surface area contributed by atoms with Crippen molar-refractivity contribution in [3.05, 3.63) is 28.5 Å². The zero-order chi connectivity index (χ0) is 15.1. The van der Waals surface area contributed by atoms with E-state index in [1.807, 2.05) is 0 Å². The molecule has 0 aliphatic heterocycles. The number of halogens is 5. The van der Waals surface area contributed by atoms with E-state index in [9.17, 15) is 13.2 Å². The molecule has 2 aromatic rings. The molecule has 2 nitrogen and oxygen atoms in total. The molecule has 0 saturated heterocycles. The van der Waals surface area contributed by atoms with Crippen molar-refractivity contribution in [2.45, 2.75) is 37.9 Å². The largest absolute Gasteiger partial charge is 0.391 e. The van der Waals surface area contributed by atoms with Crippen LogP contribution < -0.4 is 0 Å². The van der Waals surface area contributed by atoms with Crippen LogP contribution in [0, 0.1) is 0 Å². The fourth-order valence-corrected chi connectivity index (χ4v) is 2.76. The van der Waals surface area contributed by atoms with Crippen LogP contribution in [-0.2, 0) is 0 Å². The molecule has 2 unspecified atom stereocenters. The summed E-state index contributed by atoms with van der Waals surface area (Å²) in [4.78, 5) is 4.35. The maximum atomic E-state index is 12.6. The molecule has 0 bridgehead atoms. The van der Waals surface area contributed by atoms with Gasteiger partial charge in [-0.25, -0.2) is 4.98 Å². The molecule has 0 amide bonds. The van der Waals surface area contributed by atoms with Gasteiger partial charge in [0.1, 0.15) is 5.82 Å². The van der Waals surface area contributed by atoms with Crippen LogP contribution in [0.2, 0.25) is 0 Å². The summed E-state index contributed by atoms with van der Waals surface area (Å²) in [5.74, 6) is 0.455. The van der Waals surface area contributed by atoms with Gasteiger partial charge in [0.15, 0.2) is 0 Å². The van der Waals surface area contributed by atoms with E-state index in [0.29, 0.717) is 16.9 Å². The summed E-state index contributed by atoms with van der Waals surface area (Å²) in [5.41, 5.74) is 1.29. The number of hydrogen-bond acceptors (Lipinski definition) is 1. The van der Waals surface area contributed by atoms with E-state index in [4.69, 9.17) is 11.6 Å². The van der Waals surface area contributed by atoms with Gasteiger partial charge in [-0.1, -0.05) is 15.9 Å². The predicted octanol–water partition coefficient (Wildman–Crippen LogP) is 5.61. The molecular weight excluding hydrogens is 357 g/mol. The van der Waals surface area contributed by atoms with Gasteiger partial charge < -0.3 is 4.57 Å². The molecule has 20 heavy (non-hydrogen) atoms. The maximum Gasteiger partial charge on any atom is 0.391 e. The minimum absolute atomic E-state index is 0.455. The van der Waals surface area contributed by atoms with Crippen molar-refractivity contribution in [1.29, 1.82) is 0 Å². The molecule has 0 aliphatic rings. The third-order valence-electron chi connectivity index (χ3n) is 3.00. The lowest BCUT2D eigenvalue weighted by Gasteiger charge is -2.20. The summed E-state index contributed by atoms with van der Waals surface area (Å²) in [6.07, 6.45) is -5.14. The Morgan fingerprint density at radius 1 is 1.35 bits per heavy atom. The molecule has 0 fully saturated rings. The summed E-state index contributed by atoms with van der Waals surface area (Å²) in [7, 11) is 0. The van der Waals surface area contributed by atoms with E-state index in [0.717, 1.165) is 4.47 Å². The van der Waals surface area contributed by atoms with Crippen molar-refractivity contribution >= 4 is 38.6 Å². The fourth-order valence-electron chi connectivity index (χ4n) is 2.25. The van der Waals surface area contributed by atoms with Crippen molar-refractivity contribution < 1.29 is 13.2 Å². The number of aromatic nitrogens is 2. The second-order valence-corrected chi connectivity index (χ2v) is 6.33. The number of hydrogen-bond donors (Lipinski definition) is 0. The van der Waals surface area contributed by atoms with Crippen molar-refractivity contribution in [3.8, 4) is 0 Å². The average Bonchev–Trinajstić information content (AvgIpc) is 2.65. The molecule has 1 heterocycles. The van der Waals surface area contributed by atoms with Crippen LogP contribution in [0.15, 0.2) is 22.7 Å². The quantitative estimate of drug-likeness (QED) is 0.643. The molecule has 2 atom stereocenters. The highest BCUT2D eigenvalue weighted by atomic mass is 79.9. The Morgan fingerprint density at radius 3 is 2.55 bits per heavy atom. The lowest BCUT2D eigenvalue weighted by Crippen LogP contribution is -2.18. The second kappa shape index (κ2) is 5.56. The number of benzene rings is 1. The number of imidazole rings is 1. The summed E-state index contributed by atoms with van der Waals surface area (Å²) < 4.78 is 40.3. The molecule has 110 valence electrons. The average molecular weight is 370 g/mol. The van der Waals surface area contributed by atoms with Gasteiger partial charge in [0, 0.05) is 10.5 Å². The Hall–Kier alpha value is -0.750. The lowest BCUT2D eigenvalue weighted by molar-refractivity contribution is -0.141. The van der Waals surface area contributed by atoms with Crippen molar-refractivity contribution in [3.63, 3.8) is 0 Å². The Labute approximate surface area is 128 Å². The molecule has 0 aliphatic carbocycles. The van der Waals surface area contributed by atoms with E-state index in [2.05, 4.69) is 20.9 Å². The standard InChI is InChI=1S/C13H13BrClF3N2/c1-7(6-13(16,17)18)20-11-5-9(14)3-4-10(11)19-12(20)8(2)15/h3-5,7-8H,6H2,1-2H3. The van der Waals surface area contributed by atoms with Crippen LogP contribution in [0.5, 0.6) is 0 Å². The Balaban J connectivity index is 2.58. The third kappa shape index (κ3) is 3.28. The van der Waals surface area contributed by atoms with Crippen LogP contribution >= 0.6 is 27.5 Å². The van der Waals surface area contributed by atoms with Crippen LogP contribution in [0.25, 0.3) is 11.0 Å². The van der Waals surface area contributed by atoms with E-state index in [1.165, 1.54) is 6.92 Å². The molecule has 1 aromatic carbocycles. The Bertz CT molecular complexity index is 622.